The summed E-state index contributed by atoms with van der Waals surface area (Å²) in [6.45, 7) is 10.2. The number of para-hydroxylation sites is 2. The third kappa shape index (κ3) is 14.2. The van der Waals surface area contributed by atoms with Crippen molar-refractivity contribution in [2.24, 2.45) is 0 Å². The first-order valence-corrected chi connectivity index (χ1v) is 30.1. The fraction of sp³-hybridized carbons (Fsp3) is 0.174. The van der Waals surface area contributed by atoms with Gasteiger partial charge in [0.15, 0.2) is 11.3 Å². The van der Waals surface area contributed by atoms with Gasteiger partial charge in [-0.05, 0) is 128 Å². The van der Waals surface area contributed by atoms with Crippen LogP contribution in [0, 0.1) is 0 Å². The van der Waals surface area contributed by atoms with Crippen LogP contribution in [0.25, 0.3) is 44.6 Å². The number of benzene rings is 7. The monoisotopic (exact) mass is 1170 g/mol. The molecule has 0 aliphatic carbocycles. The van der Waals surface area contributed by atoms with Gasteiger partial charge in [-0.25, -0.2) is 29.3 Å². The second kappa shape index (κ2) is 28.9. The Hall–Kier alpha value is -10.4. The van der Waals surface area contributed by atoms with Crippen molar-refractivity contribution in [1.29, 1.82) is 0 Å². The van der Waals surface area contributed by atoms with E-state index in [0.717, 1.165) is 77.4 Å². The van der Waals surface area contributed by atoms with Crippen LogP contribution < -0.4 is 36.9 Å². The number of carbonyl (C=O) groups is 3. The second-order valence-electron chi connectivity index (χ2n) is 20.5. The highest BCUT2D eigenvalue weighted by atomic mass is 31.1. The zero-order chi connectivity index (χ0) is 60.5. The van der Waals surface area contributed by atoms with Gasteiger partial charge in [-0.1, -0.05) is 141 Å². The number of hydrogen-bond acceptors (Lipinski definition) is 13. The lowest BCUT2D eigenvalue weighted by atomic mass is 10.1. The highest BCUT2D eigenvalue weighted by Gasteiger charge is 2.30. The topological polar surface area (TPSA) is 215 Å². The molecule has 7 aromatic carbocycles. The van der Waals surface area contributed by atoms with Crippen molar-refractivity contribution < 1.29 is 23.9 Å². The van der Waals surface area contributed by atoms with Gasteiger partial charge in [0.2, 0.25) is 11.8 Å². The lowest BCUT2D eigenvalue weighted by Gasteiger charge is -2.32. The minimum atomic E-state index is -0.446. The predicted molar refractivity (Wildman–Crippen MR) is 346 cm³/mol. The van der Waals surface area contributed by atoms with Crippen LogP contribution in [0.15, 0.2) is 225 Å². The number of fused-ring (bicyclic) bond motifs is 2. The van der Waals surface area contributed by atoms with Crippen LogP contribution in [0.2, 0.25) is 0 Å². The molecule has 13 rings (SSSR count). The molecule has 87 heavy (non-hydrogen) atoms. The molecule has 2 atom stereocenters. The van der Waals surface area contributed by atoms with Crippen LogP contribution in [0.3, 0.4) is 0 Å². The first-order chi connectivity index (χ1) is 42.7. The van der Waals surface area contributed by atoms with Crippen LogP contribution in [-0.4, -0.2) is 94.1 Å². The third-order valence-electron chi connectivity index (χ3n) is 14.9. The molecule has 11 aromatic rings. The first kappa shape index (κ1) is 59.8. The van der Waals surface area contributed by atoms with Crippen molar-refractivity contribution in [3.8, 4) is 45.5 Å². The zero-order valence-electron chi connectivity index (χ0n) is 48.3. The summed E-state index contributed by atoms with van der Waals surface area (Å²) in [4.78, 5) is 53.6. The molecule has 2 saturated heterocycles. The Morgan fingerprint density at radius 1 is 0.517 bits per heavy atom. The normalized spacial score (nSPS) is 14.6. The Balaban J connectivity index is 0.000000148. The maximum absolute atomic E-state index is 12.3. The summed E-state index contributed by atoms with van der Waals surface area (Å²) in [5.74, 6) is 3.88. The average Bonchev–Trinajstić information content (AvgIpc) is 1.91. The Morgan fingerprint density at radius 2 is 0.874 bits per heavy atom. The Kier molecular flexibility index (Phi) is 19.9. The van der Waals surface area contributed by atoms with E-state index < -0.39 is 7.92 Å². The van der Waals surface area contributed by atoms with E-state index in [-0.39, 0.29) is 23.9 Å². The molecule has 0 radical (unpaired) electrons. The summed E-state index contributed by atoms with van der Waals surface area (Å²) in [5.41, 5.74) is 17.1. The maximum atomic E-state index is 12.3. The zero-order valence-corrected chi connectivity index (χ0v) is 49.2. The standard InChI is InChI=1S/C25H26N6O2.C25H24N6O2.C18H15P.CH2O/c2*1-2-21(32)30-14-6-7-18(15-30)31-25-22(24(26)27-16-28-25)23(29-31)17-10-12-20(13-11-17)33-19-8-4-3-5-9-19;1-4-10-16(11-5-1)19(17-12-6-2-7-13-17)18-14-8-3-9-15-18;1-2/h3-5,8-13,16,18H,2,6-7,14-15H2,1H3,(H2,26,27,28);2-5,8-13,16,18H,1,6-7,14-15H2,(H2,26,27,28);1-15H;1H2/t2*18-;;/m11../s1. The molecule has 4 aromatic heterocycles. The largest absolute Gasteiger partial charge is 0.457 e. The van der Waals surface area contributed by atoms with Gasteiger partial charge < -0.3 is 35.5 Å². The average molecular weight is 1180 g/mol. The number of ether oxygens (including phenoxy) is 2. The molecule has 6 heterocycles. The van der Waals surface area contributed by atoms with Gasteiger partial charge in [-0.2, -0.15) is 10.2 Å². The van der Waals surface area contributed by atoms with Crippen molar-refractivity contribution in [2.75, 3.05) is 37.6 Å². The molecule has 0 bridgehead atoms. The van der Waals surface area contributed by atoms with Crippen molar-refractivity contribution in [3.63, 3.8) is 0 Å². The summed E-state index contributed by atoms with van der Waals surface area (Å²) in [7, 11) is -0.446. The minimum Gasteiger partial charge on any atom is -0.457 e. The van der Waals surface area contributed by atoms with Gasteiger partial charge in [0, 0.05) is 43.7 Å². The SMILES string of the molecule is C=CC(=O)N1CCC[C@@H](n2nc(-c3ccc(Oc4ccccc4)cc3)c3c(N)ncnc32)C1.C=O.CCC(=O)N1CCC[C@@H](n2nc(-c3ccc(Oc4ccccc4)cc3)c3c(N)ncnc32)C1.c1ccc(P(c2ccccc2)c2ccccc2)cc1. The van der Waals surface area contributed by atoms with E-state index in [4.69, 9.17) is 35.9 Å². The summed E-state index contributed by atoms with van der Waals surface area (Å²) < 4.78 is 15.6. The smallest absolute Gasteiger partial charge is 0.246 e. The number of hydrogen-bond donors (Lipinski definition) is 2. The molecule has 18 heteroatoms. The van der Waals surface area contributed by atoms with Crippen LogP contribution >= 0.6 is 7.92 Å². The number of carbonyl (C=O) groups excluding carboxylic acids is 3. The molecular formula is C69H67N12O5P. The van der Waals surface area contributed by atoms with E-state index >= 15 is 0 Å². The number of likely N-dealkylation sites (tertiary alicyclic amines) is 2. The molecule has 0 saturated carbocycles. The lowest BCUT2D eigenvalue weighted by molar-refractivity contribution is -0.132. The van der Waals surface area contributed by atoms with E-state index in [2.05, 4.69) is 118 Å². The molecule has 2 aliphatic rings. The molecule has 2 fully saturated rings. The van der Waals surface area contributed by atoms with Crippen LogP contribution in [0.1, 0.15) is 51.1 Å². The Labute approximate surface area is 506 Å². The molecule has 2 amide bonds. The first-order valence-electron chi connectivity index (χ1n) is 28.8. The Bertz CT molecular complexity index is 3940. The molecular weight excluding hydrogens is 1110 g/mol. The van der Waals surface area contributed by atoms with Crippen molar-refractivity contribution >= 4 is 76.1 Å². The summed E-state index contributed by atoms with van der Waals surface area (Å²) in [5, 5.41) is 15.5. The number of nitrogen functional groups attached to an aromatic ring is 2. The predicted octanol–water partition coefficient (Wildman–Crippen LogP) is 11.9. The van der Waals surface area contributed by atoms with Gasteiger partial charge in [-0.15, -0.1) is 0 Å². The number of anilines is 2. The van der Waals surface area contributed by atoms with Gasteiger partial charge in [-0.3, -0.25) is 9.59 Å². The highest BCUT2D eigenvalue weighted by molar-refractivity contribution is 7.79. The molecule has 438 valence electrons. The molecule has 0 unspecified atom stereocenters. The number of piperidine rings is 2. The maximum Gasteiger partial charge on any atom is 0.246 e. The van der Waals surface area contributed by atoms with E-state index in [1.165, 1.54) is 34.6 Å². The third-order valence-corrected chi connectivity index (χ3v) is 17.4. The lowest BCUT2D eigenvalue weighted by Crippen LogP contribution is -2.40. The van der Waals surface area contributed by atoms with Gasteiger partial charge in [0.1, 0.15) is 65.5 Å². The number of rotatable bonds is 13. The van der Waals surface area contributed by atoms with E-state index in [1.807, 2.05) is 137 Å². The van der Waals surface area contributed by atoms with Crippen molar-refractivity contribution in [1.82, 2.24) is 49.3 Å². The van der Waals surface area contributed by atoms with Gasteiger partial charge in [0.05, 0.1) is 22.9 Å². The molecule has 0 spiro atoms. The number of amides is 2. The number of nitrogens with two attached hydrogens (primary N) is 2. The van der Waals surface area contributed by atoms with Gasteiger partial charge in [0.25, 0.3) is 0 Å². The van der Waals surface area contributed by atoms with E-state index in [0.29, 0.717) is 60.1 Å². The van der Waals surface area contributed by atoms with Gasteiger partial charge >= 0.3 is 0 Å². The Morgan fingerprint density at radius 3 is 1.25 bits per heavy atom. The van der Waals surface area contributed by atoms with Crippen molar-refractivity contribution in [2.45, 2.75) is 51.1 Å². The fourth-order valence-corrected chi connectivity index (χ4v) is 13.1. The quantitative estimate of drug-likeness (QED) is 0.0812. The van der Waals surface area contributed by atoms with E-state index in [1.54, 1.807) is 4.90 Å². The minimum absolute atomic E-state index is 0.00566. The van der Waals surface area contributed by atoms with Crippen molar-refractivity contribution in [3.05, 3.63) is 225 Å². The number of aromatic nitrogens is 8. The summed E-state index contributed by atoms with van der Waals surface area (Å²) >= 11 is 0. The highest BCUT2D eigenvalue weighted by Crippen LogP contribution is 2.38. The molecule has 4 N–H and O–H groups in total. The second-order valence-corrected chi connectivity index (χ2v) is 22.7. The molecule has 17 nitrogen and oxygen atoms in total. The van der Waals surface area contributed by atoms with Crippen LogP contribution in [-0.2, 0) is 14.4 Å². The van der Waals surface area contributed by atoms with E-state index in [9.17, 15) is 9.59 Å². The fourth-order valence-electron chi connectivity index (χ4n) is 10.8. The summed E-state index contributed by atoms with van der Waals surface area (Å²) in [6, 6.07) is 67.1. The molecule has 2 aliphatic heterocycles. The number of nitrogens with zero attached hydrogens (tertiary/aromatic N) is 10. The van der Waals surface area contributed by atoms with Crippen LogP contribution in [0.4, 0.5) is 11.6 Å². The van der Waals surface area contributed by atoms with Crippen LogP contribution in [0.5, 0.6) is 23.0 Å². The summed E-state index contributed by atoms with van der Waals surface area (Å²) in [6.07, 6.45) is 8.41.